The zero-order chi connectivity index (χ0) is 21.4. The van der Waals surface area contributed by atoms with Gasteiger partial charge in [0.05, 0.1) is 31.2 Å². The van der Waals surface area contributed by atoms with Crippen molar-refractivity contribution in [3.63, 3.8) is 0 Å². The summed E-state index contributed by atoms with van der Waals surface area (Å²) >= 11 is 1.50. The lowest BCUT2D eigenvalue weighted by atomic mass is 10.0. The minimum Gasteiger partial charge on any atom is -0.378 e. The summed E-state index contributed by atoms with van der Waals surface area (Å²) in [6.45, 7) is 3.57. The normalized spacial score (nSPS) is 19.7. The molecule has 1 atom stereocenters. The van der Waals surface area contributed by atoms with Crippen LogP contribution in [0.15, 0.2) is 36.7 Å². The molecule has 2 fully saturated rings. The van der Waals surface area contributed by atoms with Gasteiger partial charge in [0.2, 0.25) is 0 Å². The monoisotopic (exact) mass is 440 g/mol. The Bertz CT molecular complexity index is 1120. The highest BCUT2D eigenvalue weighted by Crippen LogP contribution is 2.39. The number of benzene rings is 1. The summed E-state index contributed by atoms with van der Waals surface area (Å²) in [5.74, 6) is 0.289. The zero-order valence-electron chi connectivity index (χ0n) is 17.3. The van der Waals surface area contributed by atoms with Crippen molar-refractivity contribution in [1.82, 2.24) is 19.4 Å². The molecule has 4 heterocycles. The molecule has 0 spiro atoms. The van der Waals surface area contributed by atoms with Gasteiger partial charge in [0.15, 0.2) is 5.82 Å². The molecule has 0 radical (unpaired) electrons. The Morgan fingerprint density at radius 1 is 1.06 bits per heavy atom. The highest BCUT2D eigenvalue weighted by molar-refractivity contribution is 7.21. The molecular weight excluding hydrogens is 416 g/mol. The molecule has 2 aliphatic rings. The average Bonchev–Trinajstić information content (AvgIpc) is 3.42. The van der Waals surface area contributed by atoms with Crippen LogP contribution in [0.3, 0.4) is 0 Å². The van der Waals surface area contributed by atoms with Crippen LogP contribution in [0.25, 0.3) is 10.1 Å². The number of amides is 2. The van der Waals surface area contributed by atoms with Crippen LogP contribution in [-0.2, 0) is 16.5 Å². The van der Waals surface area contributed by atoms with Crippen LogP contribution in [-0.4, -0.2) is 77.2 Å². The predicted octanol–water partition coefficient (Wildman–Crippen LogP) is 2.32. The highest BCUT2D eigenvalue weighted by Gasteiger charge is 2.34. The molecule has 2 saturated heterocycles. The van der Waals surface area contributed by atoms with Gasteiger partial charge >= 0.3 is 0 Å². The predicted molar refractivity (Wildman–Crippen MR) is 116 cm³/mol. The standard InChI is InChI=1S/C22H24N4O4S/c1-24-7-6-23-20(24)22(28)26-10-13-30-16(14-26)18-15-4-2-3-5-17(15)31-19(18)21(27)25-8-11-29-12-9-25/h2-7,16H,8-14H2,1H3/t16-/m1/s1. The second kappa shape index (κ2) is 8.41. The molecule has 8 nitrogen and oxygen atoms in total. The number of carbonyl (C=O) groups is 2. The maximum Gasteiger partial charge on any atom is 0.290 e. The molecule has 0 unspecified atom stereocenters. The summed E-state index contributed by atoms with van der Waals surface area (Å²) in [4.78, 5) is 34.9. The molecular formula is C22H24N4O4S. The van der Waals surface area contributed by atoms with E-state index in [0.717, 1.165) is 15.6 Å². The van der Waals surface area contributed by atoms with Crippen molar-refractivity contribution in [3.05, 3.63) is 52.9 Å². The third-order valence-corrected chi connectivity index (χ3v) is 6.99. The van der Waals surface area contributed by atoms with E-state index >= 15 is 0 Å². The molecule has 31 heavy (non-hydrogen) atoms. The number of fused-ring (bicyclic) bond motifs is 1. The van der Waals surface area contributed by atoms with E-state index in [1.165, 1.54) is 11.3 Å². The quantitative estimate of drug-likeness (QED) is 0.625. The number of aryl methyl sites for hydroxylation is 1. The molecule has 0 saturated carbocycles. The van der Waals surface area contributed by atoms with Crippen LogP contribution in [0.5, 0.6) is 0 Å². The number of thiophene rings is 1. The molecule has 1 aromatic carbocycles. The maximum atomic E-state index is 13.4. The SMILES string of the molecule is Cn1ccnc1C(=O)N1CCO[C@@H](c2c(C(=O)N3CCOCC3)sc3ccccc23)C1. The van der Waals surface area contributed by atoms with Crippen LogP contribution >= 0.6 is 11.3 Å². The van der Waals surface area contributed by atoms with Gasteiger partial charge in [-0.15, -0.1) is 11.3 Å². The second-order valence-electron chi connectivity index (χ2n) is 7.72. The molecule has 2 amide bonds. The van der Waals surface area contributed by atoms with Gasteiger partial charge in [-0.05, 0) is 11.5 Å². The molecule has 9 heteroatoms. The number of hydrogen-bond donors (Lipinski definition) is 0. The number of hydrogen-bond acceptors (Lipinski definition) is 6. The Morgan fingerprint density at radius 3 is 2.61 bits per heavy atom. The number of carbonyl (C=O) groups excluding carboxylic acids is 2. The van der Waals surface area contributed by atoms with Gasteiger partial charge in [-0.1, -0.05) is 18.2 Å². The van der Waals surface area contributed by atoms with Crippen molar-refractivity contribution in [2.45, 2.75) is 6.10 Å². The summed E-state index contributed by atoms with van der Waals surface area (Å²) < 4.78 is 14.3. The van der Waals surface area contributed by atoms with Crippen LogP contribution in [0, 0.1) is 0 Å². The zero-order valence-corrected chi connectivity index (χ0v) is 18.1. The first-order valence-electron chi connectivity index (χ1n) is 10.4. The molecule has 162 valence electrons. The first-order valence-corrected chi connectivity index (χ1v) is 11.2. The Kier molecular flexibility index (Phi) is 5.47. The van der Waals surface area contributed by atoms with Gasteiger partial charge in [0, 0.05) is 49.3 Å². The van der Waals surface area contributed by atoms with Gasteiger partial charge in [-0.25, -0.2) is 4.98 Å². The lowest BCUT2D eigenvalue weighted by molar-refractivity contribution is -0.0230. The van der Waals surface area contributed by atoms with Crippen LogP contribution in [0.4, 0.5) is 0 Å². The fraction of sp³-hybridized carbons (Fsp3) is 0.409. The maximum absolute atomic E-state index is 13.4. The number of ether oxygens (including phenoxy) is 2. The van der Waals surface area contributed by atoms with Crippen molar-refractivity contribution >= 4 is 33.2 Å². The van der Waals surface area contributed by atoms with E-state index in [0.29, 0.717) is 56.7 Å². The lowest BCUT2D eigenvalue weighted by Crippen LogP contribution is -2.44. The molecule has 5 rings (SSSR count). The smallest absolute Gasteiger partial charge is 0.290 e. The fourth-order valence-electron chi connectivity index (χ4n) is 4.18. The third kappa shape index (κ3) is 3.73. The first kappa shape index (κ1) is 20.2. The van der Waals surface area contributed by atoms with E-state index in [4.69, 9.17) is 9.47 Å². The van der Waals surface area contributed by atoms with E-state index in [9.17, 15) is 9.59 Å². The number of morpholine rings is 2. The van der Waals surface area contributed by atoms with Crippen LogP contribution < -0.4 is 0 Å². The van der Waals surface area contributed by atoms with E-state index < -0.39 is 0 Å². The molecule has 0 aliphatic carbocycles. The van der Waals surface area contributed by atoms with Crippen molar-refractivity contribution in [2.24, 2.45) is 7.05 Å². The molecule has 0 N–H and O–H groups in total. The van der Waals surface area contributed by atoms with Gasteiger partial charge < -0.3 is 23.8 Å². The Hall–Kier alpha value is -2.75. The number of nitrogens with zero attached hydrogens (tertiary/aromatic N) is 4. The molecule has 0 bridgehead atoms. The minimum atomic E-state index is -0.367. The average molecular weight is 441 g/mol. The Morgan fingerprint density at radius 2 is 1.84 bits per heavy atom. The van der Waals surface area contributed by atoms with E-state index in [1.807, 2.05) is 36.2 Å². The summed E-state index contributed by atoms with van der Waals surface area (Å²) in [5, 5.41) is 1.01. The van der Waals surface area contributed by atoms with Crippen molar-refractivity contribution in [3.8, 4) is 0 Å². The third-order valence-electron chi connectivity index (χ3n) is 5.81. The van der Waals surface area contributed by atoms with E-state index in [1.54, 1.807) is 21.9 Å². The Labute approximate surface area is 184 Å². The summed E-state index contributed by atoms with van der Waals surface area (Å²) in [6.07, 6.45) is 3.02. The highest BCUT2D eigenvalue weighted by atomic mass is 32.1. The van der Waals surface area contributed by atoms with Crippen molar-refractivity contribution in [2.75, 3.05) is 46.0 Å². The fourth-order valence-corrected chi connectivity index (χ4v) is 5.40. The molecule has 3 aromatic rings. The van der Waals surface area contributed by atoms with E-state index in [2.05, 4.69) is 4.98 Å². The van der Waals surface area contributed by atoms with Gasteiger partial charge in [-0.3, -0.25) is 9.59 Å². The second-order valence-corrected chi connectivity index (χ2v) is 8.77. The van der Waals surface area contributed by atoms with Crippen LogP contribution in [0.1, 0.15) is 32.0 Å². The van der Waals surface area contributed by atoms with E-state index in [-0.39, 0.29) is 17.9 Å². The largest absolute Gasteiger partial charge is 0.378 e. The molecule has 2 aromatic heterocycles. The molecule has 2 aliphatic heterocycles. The summed E-state index contributed by atoms with van der Waals surface area (Å²) in [5.41, 5.74) is 0.884. The Balaban J connectivity index is 1.49. The lowest BCUT2D eigenvalue weighted by Gasteiger charge is -2.34. The minimum absolute atomic E-state index is 0.00986. The van der Waals surface area contributed by atoms with Crippen molar-refractivity contribution in [1.29, 1.82) is 0 Å². The number of aromatic nitrogens is 2. The van der Waals surface area contributed by atoms with Gasteiger partial charge in [0.25, 0.3) is 11.8 Å². The number of rotatable bonds is 3. The van der Waals surface area contributed by atoms with Gasteiger partial charge in [-0.2, -0.15) is 0 Å². The van der Waals surface area contributed by atoms with Crippen LogP contribution in [0.2, 0.25) is 0 Å². The van der Waals surface area contributed by atoms with Gasteiger partial charge in [0.1, 0.15) is 6.10 Å². The van der Waals surface area contributed by atoms with Crippen molar-refractivity contribution < 1.29 is 19.1 Å². The summed E-state index contributed by atoms with van der Waals surface area (Å²) in [6, 6.07) is 8.00. The summed E-state index contributed by atoms with van der Waals surface area (Å²) in [7, 11) is 1.81. The first-order chi connectivity index (χ1) is 15.1. The number of imidazole rings is 1. The topological polar surface area (TPSA) is 76.9 Å².